The molecule has 0 atom stereocenters. The first-order valence-corrected chi connectivity index (χ1v) is 11.0. The van der Waals surface area contributed by atoms with E-state index in [9.17, 15) is 4.79 Å². The van der Waals surface area contributed by atoms with Crippen molar-refractivity contribution in [1.29, 1.82) is 0 Å². The lowest BCUT2D eigenvalue weighted by atomic mass is 10.1. The van der Waals surface area contributed by atoms with Crippen LogP contribution in [0.1, 0.15) is 48.5 Å². The first-order chi connectivity index (χ1) is 14.2. The van der Waals surface area contributed by atoms with Gasteiger partial charge in [-0.25, -0.2) is 0 Å². The quantitative estimate of drug-likeness (QED) is 0.797. The van der Waals surface area contributed by atoms with Gasteiger partial charge in [0.05, 0.1) is 0 Å². The second kappa shape index (κ2) is 9.25. The highest BCUT2D eigenvalue weighted by molar-refractivity contribution is 5.94. The fraction of sp³-hybridized carbons (Fsp3) is 0.522. The molecule has 6 nitrogen and oxygen atoms in total. The molecule has 2 aliphatic rings. The zero-order valence-corrected chi connectivity index (χ0v) is 17.4. The Morgan fingerprint density at radius 3 is 1.83 bits per heavy atom. The summed E-state index contributed by atoms with van der Waals surface area (Å²) in [6.07, 6.45) is 6.09. The Bertz CT molecular complexity index is 789. The van der Waals surface area contributed by atoms with Crippen molar-refractivity contribution >= 4 is 17.5 Å². The molecular formula is C23H31N5O. The smallest absolute Gasteiger partial charge is 0.253 e. The van der Waals surface area contributed by atoms with E-state index in [0.717, 1.165) is 49.8 Å². The van der Waals surface area contributed by atoms with Gasteiger partial charge >= 0.3 is 0 Å². The van der Waals surface area contributed by atoms with E-state index in [0.29, 0.717) is 13.1 Å². The van der Waals surface area contributed by atoms with Gasteiger partial charge in [-0.15, -0.1) is 10.2 Å². The van der Waals surface area contributed by atoms with Crippen molar-refractivity contribution in [1.82, 2.24) is 15.1 Å². The second-order valence-corrected chi connectivity index (χ2v) is 7.98. The van der Waals surface area contributed by atoms with Gasteiger partial charge in [-0.3, -0.25) is 4.79 Å². The topological polar surface area (TPSA) is 52.6 Å². The van der Waals surface area contributed by atoms with Gasteiger partial charge in [0.1, 0.15) is 0 Å². The van der Waals surface area contributed by atoms with Crippen molar-refractivity contribution in [2.24, 2.45) is 0 Å². The van der Waals surface area contributed by atoms with Crippen molar-refractivity contribution in [3.8, 4) is 0 Å². The van der Waals surface area contributed by atoms with Crippen LogP contribution < -0.4 is 9.80 Å². The first kappa shape index (κ1) is 19.7. The summed E-state index contributed by atoms with van der Waals surface area (Å²) in [4.78, 5) is 19.3. The molecule has 2 fully saturated rings. The van der Waals surface area contributed by atoms with E-state index < -0.39 is 0 Å². The van der Waals surface area contributed by atoms with Gasteiger partial charge in [0.15, 0.2) is 11.6 Å². The average Bonchev–Trinajstić information content (AvgIpc) is 3.09. The molecule has 1 aromatic heterocycles. The Hall–Kier alpha value is -2.63. The van der Waals surface area contributed by atoms with Crippen LogP contribution in [0.4, 0.5) is 11.6 Å². The van der Waals surface area contributed by atoms with E-state index in [1.807, 2.05) is 29.2 Å². The lowest BCUT2D eigenvalue weighted by Gasteiger charge is -2.35. The van der Waals surface area contributed by atoms with Crippen molar-refractivity contribution in [3.63, 3.8) is 0 Å². The largest absolute Gasteiger partial charge is 0.355 e. The van der Waals surface area contributed by atoms with Gasteiger partial charge < -0.3 is 14.7 Å². The molecule has 3 heterocycles. The minimum absolute atomic E-state index is 0.120. The van der Waals surface area contributed by atoms with Crippen molar-refractivity contribution in [3.05, 3.63) is 47.5 Å². The Labute approximate surface area is 173 Å². The third kappa shape index (κ3) is 4.69. The van der Waals surface area contributed by atoms with Crippen LogP contribution in [-0.2, 0) is 6.42 Å². The monoisotopic (exact) mass is 393 g/mol. The summed E-state index contributed by atoms with van der Waals surface area (Å²) >= 11 is 0. The fourth-order valence-corrected chi connectivity index (χ4v) is 4.16. The number of piperazine rings is 1. The molecule has 2 saturated heterocycles. The normalized spacial score (nSPS) is 17.9. The number of carbonyl (C=O) groups is 1. The highest BCUT2D eigenvalue weighted by Gasteiger charge is 2.23. The van der Waals surface area contributed by atoms with E-state index >= 15 is 0 Å². The molecule has 0 radical (unpaired) electrons. The minimum atomic E-state index is 0.120. The van der Waals surface area contributed by atoms with Crippen molar-refractivity contribution in [2.75, 3.05) is 49.1 Å². The SMILES string of the molecule is CCc1ccc(C(=O)N2CCN(c3ccc(N4CCCCCC4)nn3)CC2)cc1. The number of benzene rings is 1. The van der Waals surface area contributed by atoms with Gasteiger partial charge in [-0.2, -0.15) is 0 Å². The predicted octanol–water partition coefficient (Wildman–Crippen LogP) is 3.38. The van der Waals surface area contributed by atoms with Crippen molar-refractivity contribution in [2.45, 2.75) is 39.0 Å². The maximum absolute atomic E-state index is 12.8. The Morgan fingerprint density at radius 2 is 1.31 bits per heavy atom. The summed E-state index contributed by atoms with van der Waals surface area (Å²) in [6, 6.07) is 12.2. The Kier molecular flexibility index (Phi) is 6.27. The Balaban J connectivity index is 1.33. The lowest BCUT2D eigenvalue weighted by Crippen LogP contribution is -2.49. The molecular weight excluding hydrogens is 362 g/mol. The van der Waals surface area contributed by atoms with Gasteiger partial charge in [0.25, 0.3) is 5.91 Å². The molecule has 0 spiro atoms. The molecule has 0 N–H and O–H groups in total. The predicted molar refractivity (Wildman–Crippen MR) is 117 cm³/mol. The molecule has 4 rings (SSSR count). The van der Waals surface area contributed by atoms with E-state index in [4.69, 9.17) is 0 Å². The number of carbonyl (C=O) groups excluding carboxylic acids is 1. The maximum Gasteiger partial charge on any atom is 0.253 e. The number of anilines is 2. The number of aromatic nitrogens is 2. The molecule has 154 valence electrons. The summed E-state index contributed by atoms with van der Waals surface area (Å²) < 4.78 is 0. The van der Waals surface area contributed by atoms with E-state index in [1.165, 1.54) is 31.2 Å². The lowest BCUT2D eigenvalue weighted by molar-refractivity contribution is 0.0746. The van der Waals surface area contributed by atoms with E-state index in [-0.39, 0.29) is 5.91 Å². The summed E-state index contributed by atoms with van der Waals surface area (Å²) in [5.41, 5.74) is 2.03. The number of hydrogen-bond acceptors (Lipinski definition) is 5. The summed E-state index contributed by atoms with van der Waals surface area (Å²) in [6.45, 7) is 7.28. The molecule has 6 heteroatoms. The minimum Gasteiger partial charge on any atom is -0.355 e. The molecule has 0 aliphatic carbocycles. The number of amides is 1. The van der Waals surface area contributed by atoms with Crippen LogP contribution in [0, 0.1) is 0 Å². The van der Waals surface area contributed by atoms with Gasteiger partial charge in [0, 0.05) is 44.8 Å². The molecule has 1 amide bonds. The molecule has 2 aromatic rings. The van der Waals surface area contributed by atoms with Gasteiger partial charge in [0.2, 0.25) is 0 Å². The summed E-state index contributed by atoms with van der Waals surface area (Å²) in [5.74, 6) is 2.01. The van der Waals surface area contributed by atoms with Crippen molar-refractivity contribution < 1.29 is 4.79 Å². The third-order valence-electron chi connectivity index (χ3n) is 6.07. The van der Waals surface area contributed by atoms with Crippen LogP contribution >= 0.6 is 0 Å². The first-order valence-electron chi connectivity index (χ1n) is 11.0. The van der Waals surface area contributed by atoms with Crippen LogP contribution in [-0.4, -0.2) is 60.3 Å². The van der Waals surface area contributed by atoms with Crippen LogP contribution in [0.5, 0.6) is 0 Å². The van der Waals surface area contributed by atoms with E-state index in [1.54, 1.807) is 0 Å². The van der Waals surface area contributed by atoms with Crippen LogP contribution in [0.25, 0.3) is 0 Å². The molecule has 0 unspecified atom stereocenters. The average molecular weight is 394 g/mol. The van der Waals surface area contributed by atoms with Crippen LogP contribution in [0.3, 0.4) is 0 Å². The standard InChI is InChI=1S/C23H31N5O/c1-2-19-7-9-20(10-8-19)23(29)28-17-15-27(16-18-28)22-12-11-21(24-25-22)26-13-5-3-4-6-14-26/h7-12H,2-6,13-18H2,1H3. The fourth-order valence-electron chi connectivity index (χ4n) is 4.16. The number of hydrogen-bond donors (Lipinski definition) is 0. The molecule has 0 bridgehead atoms. The molecule has 29 heavy (non-hydrogen) atoms. The molecule has 2 aliphatic heterocycles. The molecule has 1 aromatic carbocycles. The number of aryl methyl sites for hydroxylation is 1. The zero-order valence-electron chi connectivity index (χ0n) is 17.4. The summed E-state index contributed by atoms with van der Waals surface area (Å²) in [5, 5.41) is 8.98. The zero-order chi connectivity index (χ0) is 20.1. The van der Waals surface area contributed by atoms with Crippen LogP contribution in [0.2, 0.25) is 0 Å². The van der Waals surface area contributed by atoms with Gasteiger partial charge in [-0.05, 0) is 49.1 Å². The van der Waals surface area contributed by atoms with Crippen LogP contribution in [0.15, 0.2) is 36.4 Å². The Morgan fingerprint density at radius 1 is 0.759 bits per heavy atom. The maximum atomic E-state index is 12.8. The number of rotatable bonds is 4. The number of nitrogens with zero attached hydrogens (tertiary/aromatic N) is 5. The van der Waals surface area contributed by atoms with Gasteiger partial charge in [-0.1, -0.05) is 31.9 Å². The highest BCUT2D eigenvalue weighted by atomic mass is 16.2. The highest BCUT2D eigenvalue weighted by Crippen LogP contribution is 2.20. The summed E-state index contributed by atoms with van der Waals surface area (Å²) in [7, 11) is 0. The van der Waals surface area contributed by atoms with E-state index in [2.05, 4.69) is 39.1 Å². The third-order valence-corrected chi connectivity index (χ3v) is 6.07. The molecule has 0 saturated carbocycles. The second-order valence-electron chi connectivity index (χ2n) is 7.98.